The van der Waals surface area contributed by atoms with E-state index < -0.39 is 16.5 Å². The molecule has 13 aromatic rings. The summed E-state index contributed by atoms with van der Waals surface area (Å²) in [6.45, 7) is 34.0. The van der Waals surface area contributed by atoms with Crippen molar-refractivity contribution < 1.29 is 4.79 Å². The molecule has 0 saturated heterocycles. The van der Waals surface area contributed by atoms with Crippen molar-refractivity contribution in [1.82, 2.24) is 53.3 Å². The minimum atomic E-state index is -2.03. The molecule has 0 bridgehead atoms. The van der Waals surface area contributed by atoms with Gasteiger partial charge in [0.05, 0.1) is 27.5 Å². The van der Waals surface area contributed by atoms with E-state index in [-0.39, 0.29) is 17.6 Å². The minimum Gasteiger partial charge on any atom is -0.359 e. The number of Topliss-reactive ketones (excluding diaryl/α,β-unsaturated/α-hetero) is 1. The second kappa shape index (κ2) is 37.9. The Balaban J connectivity index is 0.000000146. The van der Waals surface area contributed by atoms with Crippen molar-refractivity contribution in [3.63, 3.8) is 0 Å². The molecule has 4 N–H and O–H groups in total. The second-order valence-electron chi connectivity index (χ2n) is 35.4. The van der Waals surface area contributed by atoms with Gasteiger partial charge in [0.2, 0.25) is 0 Å². The highest BCUT2D eigenvalue weighted by molar-refractivity contribution is 6.83. The topological polar surface area (TPSA) is 158 Å². The van der Waals surface area contributed by atoms with E-state index in [1.165, 1.54) is 57.3 Å². The van der Waals surface area contributed by atoms with Gasteiger partial charge in [-0.3, -0.25) is 24.6 Å². The highest BCUT2D eigenvalue weighted by Gasteiger charge is 2.49. The smallest absolute Gasteiger partial charge is 0.171 e. The standard InChI is InChI=1S/C36H48ClN5Si.C36H46ClN3OSi.C27H27N5/c1-25(2)43(26(3)4,27(5)6)42-20-19-32-34(33(37)22-39-36(32)42)35(40-38)30-17-18-31(21-30)41(23-28-13-9-7-10-14-28)24-29-15-11-8-12-16-29;1-25(2)42(26(3)4,27(5)6)40-20-19-32-34(33(37)22-38-36(32)40)35(41)30-17-18-31(21-30)39(23-28-13-9-7-10-14-28)24-29-15-11-8-12-16-29;1-3-7-19(8-4-1)17-32(18-20-9-5-2-6-10-20)22-12-11-21(15-22)26-25-23-13-14-28-27(23)29-16-24(25)30-31-26/h7-16,19-20,22,25-27,30-31H,17-18,21,23-24,38H2,1-6H3;7-16,19-20,22,25-27,30-31H,17-18,21,23-24H2,1-6H3;1-10,13-14,16,21-22,30-31H,11-12,15,17-18H2/t2*30?,31-;21?,22-/m000/s1. The van der Waals surface area contributed by atoms with Crippen LogP contribution in [0, 0.1) is 11.8 Å². The first-order valence-corrected chi connectivity index (χ1v) is 48.2. The first-order chi connectivity index (χ1) is 56.7. The third kappa shape index (κ3) is 18.0. The van der Waals surface area contributed by atoms with Crippen LogP contribution >= 0.6 is 23.2 Å². The molecule has 0 spiro atoms. The molecular formula is C99H121Cl2N13OSi2. The van der Waals surface area contributed by atoms with E-state index in [4.69, 9.17) is 39.0 Å². The van der Waals surface area contributed by atoms with Crippen LogP contribution in [0.5, 0.6) is 0 Å². The number of H-pyrrole nitrogens is 2. The number of ketones is 1. The van der Waals surface area contributed by atoms with Crippen LogP contribution in [0.2, 0.25) is 43.3 Å². The maximum absolute atomic E-state index is 14.3. The predicted molar refractivity (Wildman–Crippen MR) is 492 cm³/mol. The summed E-state index contributed by atoms with van der Waals surface area (Å²) in [6, 6.07) is 72.4. The number of pyridine rings is 3. The molecule has 0 aliphatic heterocycles. The Morgan fingerprint density at radius 1 is 0.427 bits per heavy atom. The fourth-order valence-corrected chi connectivity index (χ4v) is 35.4. The van der Waals surface area contributed by atoms with Crippen molar-refractivity contribution in [2.75, 3.05) is 0 Å². The zero-order valence-corrected chi connectivity index (χ0v) is 74.3. The predicted octanol–water partition coefficient (Wildman–Crippen LogP) is 24.8. The number of benzene rings is 6. The Bertz CT molecular complexity index is 5250. The number of aromatic nitrogens is 8. The SMILES string of the molecule is CC(C)[Si](C(C)C)(C(C)C)n1ccc2c(C(=NN)C3CC[C@H](N(Cc4ccccc4)Cc4ccccc4)C3)c(Cl)cnc21.CC(C)[Si](C(C)C)(C(C)C)n1ccc2c(C(=O)C3CC[C@H](N(Cc4ccccc4)Cc4ccccc4)C3)c(Cl)cnc21.c1ccc(CN(Cc2ccccc2)[C@H]2CCC(c3[nH][nH]c4cnc5nccc5c34)C2)cc1. The number of hydrogen-bond acceptors (Lipinski definition) is 10. The molecule has 3 aliphatic carbocycles. The molecule has 3 saturated carbocycles. The summed E-state index contributed by atoms with van der Waals surface area (Å²) >= 11 is 13.8. The molecule has 0 radical (unpaired) electrons. The third-order valence-corrected chi connectivity index (χ3v) is 40.9. The van der Waals surface area contributed by atoms with Gasteiger partial charge in [-0.25, -0.2) is 19.9 Å². The lowest BCUT2D eigenvalue weighted by Gasteiger charge is -2.44. The van der Waals surface area contributed by atoms with E-state index in [1.54, 1.807) is 6.20 Å². The summed E-state index contributed by atoms with van der Waals surface area (Å²) < 4.78 is 5.03. The van der Waals surface area contributed by atoms with E-state index in [2.05, 4.69) is 344 Å². The molecule has 16 rings (SSSR count). The Hall–Kier alpha value is -9.11. The first kappa shape index (κ1) is 84.4. The maximum Gasteiger partial charge on any atom is 0.171 e. The number of halogens is 2. The molecule has 6 aromatic carbocycles. The molecule has 6 atom stereocenters. The van der Waals surface area contributed by atoms with Crippen LogP contribution in [0.25, 0.3) is 44.0 Å². The fraction of sp³-hybridized carbons (Fsp3) is 0.394. The number of rotatable bonds is 28. The second-order valence-corrected chi connectivity index (χ2v) is 47.7. The Morgan fingerprint density at radius 2 is 0.786 bits per heavy atom. The molecular weight excluding hydrogens is 1510 g/mol. The van der Waals surface area contributed by atoms with Gasteiger partial charge in [-0.15, -0.1) is 0 Å². The number of nitrogens with two attached hydrogens (primary N) is 1. The minimum absolute atomic E-state index is 0.0437. The van der Waals surface area contributed by atoms with Crippen LogP contribution in [0.3, 0.4) is 0 Å². The van der Waals surface area contributed by atoms with Gasteiger partial charge in [0.1, 0.15) is 11.3 Å². The zero-order valence-electron chi connectivity index (χ0n) is 70.8. The van der Waals surface area contributed by atoms with Crippen LogP contribution < -0.4 is 5.84 Å². The summed E-state index contributed by atoms with van der Waals surface area (Å²) in [6.07, 6.45) is 21.2. The monoisotopic (exact) mass is 1630 g/mol. The molecule has 7 aromatic heterocycles. The molecule has 3 aliphatic rings. The van der Waals surface area contributed by atoms with Crippen molar-refractivity contribution in [3.8, 4) is 0 Å². The van der Waals surface area contributed by atoms with Crippen LogP contribution in [0.4, 0.5) is 0 Å². The van der Waals surface area contributed by atoms with E-state index in [0.29, 0.717) is 72.9 Å². The van der Waals surface area contributed by atoms with E-state index in [1.807, 2.05) is 18.6 Å². The molecule has 7 heterocycles. The number of aromatic amines is 2. The van der Waals surface area contributed by atoms with Crippen LogP contribution in [-0.4, -0.2) is 99.4 Å². The van der Waals surface area contributed by atoms with Gasteiger partial charge in [0.15, 0.2) is 27.9 Å². The molecule has 14 nitrogen and oxygen atoms in total. The average Bonchev–Trinajstić information content (AvgIpc) is 1.64. The fourth-order valence-electron chi connectivity index (χ4n) is 21.8. The average molecular weight is 1640 g/mol. The summed E-state index contributed by atoms with van der Waals surface area (Å²) in [4.78, 5) is 40.9. The van der Waals surface area contributed by atoms with Gasteiger partial charge < -0.3 is 19.4 Å². The van der Waals surface area contributed by atoms with Crippen molar-refractivity contribution in [2.45, 2.75) is 237 Å². The van der Waals surface area contributed by atoms with Gasteiger partial charge >= 0.3 is 0 Å². The molecule has 0 amide bonds. The van der Waals surface area contributed by atoms with Gasteiger partial charge in [-0.2, -0.15) is 5.10 Å². The van der Waals surface area contributed by atoms with E-state index in [0.717, 1.165) is 134 Å². The summed E-state index contributed by atoms with van der Waals surface area (Å²) in [5.41, 5.74) is 19.0. The van der Waals surface area contributed by atoms with Crippen molar-refractivity contribution in [2.24, 2.45) is 22.8 Å². The lowest BCUT2D eigenvalue weighted by Crippen LogP contribution is -2.51. The van der Waals surface area contributed by atoms with Gasteiger partial charge in [-0.05, 0) is 155 Å². The van der Waals surface area contributed by atoms with Gasteiger partial charge in [0, 0.05) is 132 Å². The zero-order chi connectivity index (χ0) is 82.1. The van der Waals surface area contributed by atoms with E-state index in [9.17, 15) is 4.79 Å². The maximum atomic E-state index is 14.3. The number of carbonyl (C=O) groups excluding carboxylic acids is 1. The number of nitrogens with zero attached hydrogens (tertiary/aromatic N) is 10. The van der Waals surface area contributed by atoms with Crippen LogP contribution in [0.15, 0.2) is 242 Å². The number of nitrogens with one attached hydrogen (secondary N) is 2. The highest BCUT2D eigenvalue weighted by Crippen LogP contribution is 2.49. The van der Waals surface area contributed by atoms with E-state index >= 15 is 0 Å². The molecule has 18 heteroatoms. The van der Waals surface area contributed by atoms with Crippen LogP contribution in [0.1, 0.15) is 202 Å². The van der Waals surface area contributed by atoms with Crippen LogP contribution in [-0.2, 0) is 39.3 Å². The molecule has 3 unspecified atom stereocenters. The summed E-state index contributed by atoms with van der Waals surface area (Å²) in [5, 5.41) is 16.8. The molecule has 610 valence electrons. The largest absolute Gasteiger partial charge is 0.359 e. The normalized spacial score (nSPS) is 18.2. The summed E-state index contributed by atoms with van der Waals surface area (Å²) in [7, 11) is -4.03. The number of hydrogen-bond donors (Lipinski definition) is 3. The Kier molecular flexibility index (Phi) is 27.3. The quantitative estimate of drug-likeness (QED) is 0.0143. The van der Waals surface area contributed by atoms with Crippen molar-refractivity contribution in [1.29, 1.82) is 0 Å². The van der Waals surface area contributed by atoms with Gasteiger partial charge in [0.25, 0.3) is 0 Å². The number of fused-ring (bicyclic) bond motifs is 5. The number of carbonyl (C=O) groups is 1. The first-order valence-electron chi connectivity index (χ1n) is 43.1. The number of hydrazone groups is 1. The van der Waals surface area contributed by atoms with Crippen molar-refractivity contribution in [3.05, 3.63) is 298 Å². The summed E-state index contributed by atoms with van der Waals surface area (Å²) in [5.74, 6) is 7.12. The third-order valence-electron chi connectivity index (χ3n) is 26.8. The van der Waals surface area contributed by atoms with Gasteiger partial charge in [-0.1, -0.05) is 288 Å². The van der Waals surface area contributed by atoms with Crippen molar-refractivity contribution >= 4 is 95.2 Å². The molecule has 3 fully saturated rings. The molecule has 117 heavy (non-hydrogen) atoms. The lowest BCUT2D eigenvalue weighted by atomic mass is 9.93. The highest BCUT2D eigenvalue weighted by atomic mass is 35.5. The lowest BCUT2D eigenvalue weighted by molar-refractivity contribution is 0.0913. The Labute approximate surface area is 706 Å². The Morgan fingerprint density at radius 3 is 1.18 bits per heavy atom.